The first-order valence-corrected chi connectivity index (χ1v) is 6.44. The summed E-state index contributed by atoms with van der Waals surface area (Å²) in [6.45, 7) is 4.71. The van der Waals surface area contributed by atoms with Crippen LogP contribution < -0.4 is 0 Å². The number of allylic oxidation sites excluding steroid dienone is 1. The van der Waals surface area contributed by atoms with E-state index >= 15 is 0 Å². The van der Waals surface area contributed by atoms with Gasteiger partial charge in [0, 0.05) is 12.0 Å². The third-order valence-corrected chi connectivity index (χ3v) is 2.27. The number of aliphatic imine (C=N–C) groups is 1. The van der Waals surface area contributed by atoms with Crippen LogP contribution in [0.5, 0.6) is 5.75 Å². The summed E-state index contributed by atoms with van der Waals surface area (Å²) in [7, 11) is 0. The number of aromatic hydroxyl groups is 1. The molecular weight excluding hydrogens is 383 g/mol. The fourth-order valence-corrected chi connectivity index (χ4v) is 1.51. The quantitative estimate of drug-likeness (QED) is 0.465. The molecule has 3 rings (SSSR count). The zero-order valence-corrected chi connectivity index (χ0v) is 17.0. The number of phenolic OH excluding ortho intramolecular Hbond substituents is 1. The predicted molar refractivity (Wildman–Crippen MR) is 103 cm³/mol. The van der Waals surface area contributed by atoms with Gasteiger partial charge in [-0.25, -0.2) is 0 Å². The smallest absolute Gasteiger partial charge is 0.533 e. The standard InChI is InChI=1S/C8H9O.C6H5.C4H5N.3CH3.Ru/c1-6-3-7(2)5-8(9)4-6;1-2-4-6-5-3-1;1-2-4-5-3-1;;;;/h4-5,9H,1-2H3;1-5H;1-3H,4H2;3*1H3;/q2*-1;;3*-1;+5. The molecule has 1 radical (unpaired) electrons. The molecule has 0 fully saturated rings. The zero-order chi connectivity index (χ0) is 14.6. The molecular formula is C21H28NORu. The molecule has 0 spiro atoms. The second-order valence-electron chi connectivity index (χ2n) is 4.22. The number of aryl methyl sites for hydroxylation is 2. The molecule has 0 amide bonds. The summed E-state index contributed by atoms with van der Waals surface area (Å²) >= 11 is 0. The molecule has 1 heterocycles. The molecule has 0 saturated heterocycles. The Hall–Kier alpha value is -1.73. The number of hydrogen-bond acceptors (Lipinski definition) is 2. The van der Waals surface area contributed by atoms with Crippen LogP contribution in [0.2, 0.25) is 0 Å². The van der Waals surface area contributed by atoms with Crippen molar-refractivity contribution in [1.82, 2.24) is 0 Å². The third kappa shape index (κ3) is 16.6. The Kier molecular flexibility index (Phi) is 24.3. The Labute approximate surface area is 162 Å². The molecule has 131 valence electrons. The number of nitrogens with zero attached hydrogens (tertiary/aromatic N) is 1. The van der Waals surface area contributed by atoms with Crippen molar-refractivity contribution < 1.29 is 24.6 Å². The summed E-state index contributed by atoms with van der Waals surface area (Å²) in [6, 6.07) is 18.9. The van der Waals surface area contributed by atoms with Gasteiger partial charge in [-0.2, -0.15) is 53.6 Å². The van der Waals surface area contributed by atoms with Gasteiger partial charge in [0.25, 0.3) is 0 Å². The van der Waals surface area contributed by atoms with E-state index < -0.39 is 0 Å². The van der Waals surface area contributed by atoms with Gasteiger partial charge in [-0.3, -0.25) is 4.99 Å². The maximum absolute atomic E-state index is 8.97. The monoisotopic (exact) mass is 412 g/mol. The fourth-order valence-electron chi connectivity index (χ4n) is 1.51. The number of hydrogen-bond donors (Lipinski definition) is 1. The second kappa shape index (κ2) is 19.3. The molecule has 0 atom stereocenters. The van der Waals surface area contributed by atoms with E-state index in [1.165, 1.54) is 0 Å². The first-order valence-electron chi connectivity index (χ1n) is 6.44. The summed E-state index contributed by atoms with van der Waals surface area (Å²) in [5.74, 6) is 0.323. The van der Waals surface area contributed by atoms with Gasteiger partial charge in [-0.05, 0) is 6.08 Å². The average Bonchev–Trinajstić information content (AvgIpc) is 2.99. The summed E-state index contributed by atoms with van der Waals surface area (Å²) in [4.78, 5) is 3.85. The first-order chi connectivity index (χ1) is 9.68. The zero-order valence-electron chi connectivity index (χ0n) is 15.2. The Morgan fingerprint density at radius 1 is 0.958 bits per heavy atom. The van der Waals surface area contributed by atoms with Crippen LogP contribution in [0.3, 0.4) is 0 Å². The molecule has 3 heteroatoms. The van der Waals surface area contributed by atoms with E-state index in [0.717, 1.165) is 17.7 Å². The number of benzene rings is 2. The number of phenols is 1. The topological polar surface area (TPSA) is 32.6 Å². The van der Waals surface area contributed by atoms with E-state index in [0.29, 0.717) is 5.75 Å². The number of rotatable bonds is 0. The Balaban J connectivity index is -0.000000120. The maximum atomic E-state index is 8.97. The minimum atomic E-state index is 0. The van der Waals surface area contributed by atoms with E-state index in [1.807, 2.05) is 56.3 Å². The first kappa shape index (κ1) is 30.2. The molecule has 2 aromatic carbocycles. The van der Waals surface area contributed by atoms with Gasteiger partial charge in [0.15, 0.2) is 0 Å². The molecule has 0 saturated carbocycles. The molecule has 24 heavy (non-hydrogen) atoms. The predicted octanol–water partition coefficient (Wildman–Crippen LogP) is 5.27. The summed E-state index contributed by atoms with van der Waals surface area (Å²) < 4.78 is 0. The van der Waals surface area contributed by atoms with Crippen molar-refractivity contribution in [2.45, 2.75) is 13.8 Å². The van der Waals surface area contributed by atoms with Crippen LogP contribution in [0, 0.1) is 48.3 Å². The molecule has 2 aromatic rings. The van der Waals surface area contributed by atoms with E-state index in [1.54, 1.807) is 18.3 Å². The van der Waals surface area contributed by atoms with Gasteiger partial charge < -0.3 is 27.4 Å². The summed E-state index contributed by atoms with van der Waals surface area (Å²) in [5.41, 5.74) is 1.96. The van der Waals surface area contributed by atoms with Crippen molar-refractivity contribution >= 4 is 6.21 Å². The SMILES string of the molecule is C1=CCN=C1.Cc1[c-]c(C)cc(O)c1.[CH3-].[CH3-].[CH3-].[Ru+5].[c-]1ccccc1. The maximum Gasteiger partial charge on any atom is 5.00 e. The van der Waals surface area contributed by atoms with Gasteiger partial charge in [0.05, 0.1) is 6.54 Å². The third-order valence-electron chi connectivity index (χ3n) is 2.27. The molecule has 0 unspecified atom stereocenters. The Bertz CT molecular complexity index is 464. The molecule has 1 N–H and O–H groups in total. The molecule has 0 bridgehead atoms. The van der Waals surface area contributed by atoms with Crippen LogP contribution >= 0.6 is 0 Å². The minimum absolute atomic E-state index is 0. The minimum Gasteiger partial charge on any atom is -0.533 e. The van der Waals surface area contributed by atoms with Crippen LogP contribution in [0.15, 0.2) is 59.6 Å². The van der Waals surface area contributed by atoms with E-state index in [2.05, 4.69) is 17.1 Å². The molecule has 0 aliphatic carbocycles. The van der Waals surface area contributed by atoms with Crippen molar-refractivity contribution in [1.29, 1.82) is 0 Å². The van der Waals surface area contributed by atoms with Gasteiger partial charge in [0.1, 0.15) is 0 Å². The largest absolute Gasteiger partial charge is 5.00 e. The molecule has 1 aliphatic rings. The average molecular weight is 412 g/mol. The van der Waals surface area contributed by atoms with Crippen molar-refractivity contribution in [3.05, 3.63) is 100 Å². The van der Waals surface area contributed by atoms with Gasteiger partial charge >= 0.3 is 19.5 Å². The van der Waals surface area contributed by atoms with Crippen LogP contribution in [0.1, 0.15) is 11.1 Å². The van der Waals surface area contributed by atoms with Gasteiger partial charge in [0.2, 0.25) is 0 Å². The van der Waals surface area contributed by atoms with Crippen molar-refractivity contribution in [2.75, 3.05) is 6.54 Å². The van der Waals surface area contributed by atoms with Crippen LogP contribution in [-0.4, -0.2) is 17.9 Å². The fraction of sp³-hybridized carbons (Fsp3) is 0.143. The molecule has 0 aromatic heterocycles. The van der Waals surface area contributed by atoms with E-state index in [-0.39, 0.29) is 41.8 Å². The molecule has 1 aliphatic heterocycles. The van der Waals surface area contributed by atoms with Crippen LogP contribution in [0.4, 0.5) is 0 Å². The van der Waals surface area contributed by atoms with Gasteiger partial charge in [-0.15, -0.1) is 12.1 Å². The summed E-state index contributed by atoms with van der Waals surface area (Å²) in [6.07, 6.45) is 5.76. The van der Waals surface area contributed by atoms with Gasteiger partial charge in [-0.1, -0.05) is 19.9 Å². The van der Waals surface area contributed by atoms with Crippen LogP contribution in [-0.2, 0) is 19.5 Å². The Morgan fingerprint density at radius 2 is 1.50 bits per heavy atom. The van der Waals surface area contributed by atoms with Crippen molar-refractivity contribution in [3.8, 4) is 5.75 Å². The van der Waals surface area contributed by atoms with Crippen molar-refractivity contribution in [3.63, 3.8) is 0 Å². The van der Waals surface area contributed by atoms with E-state index in [9.17, 15) is 0 Å². The van der Waals surface area contributed by atoms with E-state index in [4.69, 9.17) is 5.11 Å². The summed E-state index contributed by atoms with van der Waals surface area (Å²) in [5, 5.41) is 8.97. The van der Waals surface area contributed by atoms with Crippen LogP contribution in [0.25, 0.3) is 0 Å². The van der Waals surface area contributed by atoms with Crippen molar-refractivity contribution in [2.24, 2.45) is 4.99 Å². The normalized spacial score (nSPS) is 9.25. The Morgan fingerprint density at radius 3 is 1.71 bits per heavy atom. The molecule has 2 nitrogen and oxygen atoms in total. The second-order valence-corrected chi connectivity index (χ2v) is 4.22.